The predicted octanol–water partition coefficient (Wildman–Crippen LogP) is 1.81. The van der Waals surface area contributed by atoms with Gasteiger partial charge in [0.05, 0.1) is 23.2 Å². The summed E-state index contributed by atoms with van der Waals surface area (Å²) in [7, 11) is 0. The Kier molecular flexibility index (Phi) is 4.49. The van der Waals surface area contributed by atoms with Crippen LogP contribution in [0.4, 0.5) is 5.69 Å². The zero-order valence-corrected chi connectivity index (χ0v) is 15.0. The third kappa shape index (κ3) is 3.23. The standard InChI is InChI=1S/C18H16ClN5O3/c19-11-5-6-15(24-10-20-9-21-24)14(7-11)22-16(25)8-23-17(26)12-3-1-2-4-13(12)18(23)27/h1-2,5-7,9-10,12-13H,3-4,8H2,(H,22,25). The number of halogens is 1. The molecule has 1 aliphatic carbocycles. The van der Waals surface area contributed by atoms with Crippen molar-refractivity contribution in [2.45, 2.75) is 12.8 Å². The van der Waals surface area contributed by atoms with Crippen molar-refractivity contribution in [2.75, 3.05) is 11.9 Å². The molecular weight excluding hydrogens is 370 g/mol. The highest BCUT2D eigenvalue weighted by Crippen LogP contribution is 2.35. The monoisotopic (exact) mass is 385 g/mol. The Labute approximate surface area is 159 Å². The highest BCUT2D eigenvalue weighted by molar-refractivity contribution is 6.31. The van der Waals surface area contributed by atoms with Crippen molar-refractivity contribution in [2.24, 2.45) is 11.8 Å². The summed E-state index contributed by atoms with van der Waals surface area (Å²) in [4.78, 5) is 42.5. The first-order chi connectivity index (χ1) is 13.0. The average molecular weight is 386 g/mol. The van der Waals surface area contributed by atoms with Gasteiger partial charge in [-0.2, -0.15) is 5.10 Å². The van der Waals surface area contributed by atoms with Gasteiger partial charge in [-0.15, -0.1) is 0 Å². The Balaban J connectivity index is 1.52. The Bertz CT molecular complexity index is 914. The van der Waals surface area contributed by atoms with Gasteiger partial charge in [-0.25, -0.2) is 9.67 Å². The molecule has 138 valence electrons. The number of amides is 3. The Morgan fingerprint density at radius 3 is 2.52 bits per heavy atom. The maximum absolute atomic E-state index is 12.5. The number of rotatable bonds is 4. The number of hydrogen-bond acceptors (Lipinski definition) is 5. The number of hydrogen-bond donors (Lipinski definition) is 1. The Hall–Kier alpha value is -3.00. The van der Waals surface area contributed by atoms with E-state index >= 15 is 0 Å². The highest BCUT2D eigenvalue weighted by Gasteiger charge is 2.47. The van der Waals surface area contributed by atoms with Crippen LogP contribution < -0.4 is 5.32 Å². The topological polar surface area (TPSA) is 97.2 Å². The highest BCUT2D eigenvalue weighted by atomic mass is 35.5. The van der Waals surface area contributed by atoms with E-state index in [0.717, 1.165) is 4.90 Å². The van der Waals surface area contributed by atoms with E-state index in [2.05, 4.69) is 15.4 Å². The van der Waals surface area contributed by atoms with Gasteiger partial charge in [-0.05, 0) is 31.0 Å². The lowest BCUT2D eigenvalue weighted by Crippen LogP contribution is -2.38. The smallest absolute Gasteiger partial charge is 0.244 e. The van der Waals surface area contributed by atoms with Crippen LogP contribution in [0.1, 0.15) is 12.8 Å². The van der Waals surface area contributed by atoms with E-state index in [4.69, 9.17) is 11.6 Å². The van der Waals surface area contributed by atoms with Gasteiger partial charge >= 0.3 is 0 Å². The van der Waals surface area contributed by atoms with Gasteiger partial charge in [0, 0.05) is 5.02 Å². The van der Waals surface area contributed by atoms with Gasteiger partial charge in [0.15, 0.2) is 0 Å². The summed E-state index contributed by atoms with van der Waals surface area (Å²) in [6.07, 6.45) is 7.76. The SMILES string of the molecule is O=C(CN1C(=O)C2CC=CCC2C1=O)Nc1cc(Cl)ccc1-n1cncn1. The van der Waals surface area contributed by atoms with Crippen molar-refractivity contribution < 1.29 is 14.4 Å². The molecule has 2 heterocycles. The fourth-order valence-corrected chi connectivity index (χ4v) is 3.67. The molecule has 0 bridgehead atoms. The van der Waals surface area contributed by atoms with Crippen LogP contribution in [-0.2, 0) is 14.4 Å². The summed E-state index contributed by atoms with van der Waals surface area (Å²) >= 11 is 6.04. The summed E-state index contributed by atoms with van der Waals surface area (Å²) in [5, 5.41) is 7.19. The Morgan fingerprint density at radius 2 is 1.89 bits per heavy atom. The van der Waals surface area contributed by atoms with Gasteiger partial charge in [0.1, 0.15) is 19.2 Å². The number of imide groups is 1. The van der Waals surface area contributed by atoms with Crippen molar-refractivity contribution in [1.82, 2.24) is 19.7 Å². The maximum Gasteiger partial charge on any atom is 0.244 e. The van der Waals surface area contributed by atoms with Gasteiger partial charge in [0.2, 0.25) is 17.7 Å². The van der Waals surface area contributed by atoms with E-state index in [1.54, 1.807) is 18.2 Å². The van der Waals surface area contributed by atoms with Crippen LogP contribution in [0.25, 0.3) is 5.69 Å². The fourth-order valence-electron chi connectivity index (χ4n) is 3.50. The molecule has 0 spiro atoms. The number of carbonyl (C=O) groups is 3. The minimum Gasteiger partial charge on any atom is -0.323 e. The van der Waals surface area contributed by atoms with Crippen molar-refractivity contribution in [3.63, 3.8) is 0 Å². The first-order valence-corrected chi connectivity index (χ1v) is 8.87. The molecule has 0 saturated carbocycles. The second-order valence-corrected chi connectivity index (χ2v) is 6.90. The van der Waals surface area contributed by atoms with E-state index in [9.17, 15) is 14.4 Å². The van der Waals surface area contributed by atoms with E-state index in [1.165, 1.54) is 17.3 Å². The zero-order valence-electron chi connectivity index (χ0n) is 14.2. The molecule has 2 aliphatic rings. The number of likely N-dealkylation sites (tertiary alicyclic amines) is 1. The predicted molar refractivity (Wildman–Crippen MR) is 97.1 cm³/mol. The molecule has 0 radical (unpaired) electrons. The molecule has 3 amide bonds. The summed E-state index contributed by atoms with van der Waals surface area (Å²) in [6, 6.07) is 4.94. The largest absolute Gasteiger partial charge is 0.323 e. The second-order valence-electron chi connectivity index (χ2n) is 6.47. The summed E-state index contributed by atoms with van der Waals surface area (Å²) in [5.41, 5.74) is 0.985. The number of anilines is 1. The van der Waals surface area contributed by atoms with E-state index in [-0.39, 0.29) is 30.2 Å². The van der Waals surface area contributed by atoms with Crippen molar-refractivity contribution in [1.29, 1.82) is 0 Å². The zero-order chi connectivity index (χ0) is 19.0. The van der Waals surface area contributed by atoms with Gasteiger partial charge in [-0.3, -0.25) is 19.3 Å². The van der Waals surface area contributed by atoms with Crippen LogP contribution in [0.5, 0.6) is 0 Å². The number of nitrogens with zero attached hydrogens (tertiary/aromatic N) is 4. The van der Waals surface area contributed by atoms with Gasteiger partial charge in [0.25, 0.3) is 0 Å². The van der Waals surface area contributed by atoms with Crippen LogP contribution in [0, 0.1) is 11.8 Å². The molecule has 2 aromatic rings. The van der Waals surface area contributed by atoms with Crippen molar-refractivity contribution in [3.8, 4) is 5.69 Å². The van der Waals surface area contributed by atoms with Crippen molar-refractivity contribution in [3.05, 3.63) is 48.0 Å². The van der Waals surface area contributed by atoms with Crippen LogP contribution in [0.2, 0.25) is 5.02 Å². The minimum absolute atomic E-state index is 0.285. The van der Waals surface area contributed by atoms with Gasteiger partial charge < -0.3 is 5.32 Å². The molecule has 1 saturated heterocycles. The molecule has 27 heavy (non-hydrogen) atoms. The van der Waals surface area contributed by atoms with Crippen LogP contribution >= 0.6 is 11.6 Å². The number of nitrogens with one attached hydrogen (secondary N) is 1. The molecule has 4 rings (SSSR count). The fraction of sp³-hybridized carbons (Fsp3) is 0.278. The quantitative estimate of drug-likeness (QED) is 0.639. The second kappa shape index (κ2) is 6.96. The normalized spacial score (nSPS) is 21.4. The van der Waals surface area contributed by atoms with E-state index < -0.39 is 5.91 Å². The molecule has 9 heteroatoms. The molecule has 1 N–H and O–H groups in total. The summed E-state index contributed by atoms with van der Waals surface area (Å²) in [5.74, 6) is -1.76. The average Bonchev–Trinajstić information content (AvgIpc) is 3.26. The third-order valence-electron chi connectivity index (χ3n) is 4.80. The lowest BCUT2D eigenvalue weighted by molar-refractivity contribution is -0.142. The van der Waals surface area contributed by atoms with Gasteiger partial charge in [-0.1, -0.05) is 23.8 Å². The first-order valence-electron chi connectivity index (χ1n) is 8.49. The lowest BCUT2D eigenvalue weighted by Gasteiger charge is -2.16. The van der Waals surface area contributed by atoms with E-state index in [0.29, 0.717) is 29.2 Å². The number of fused-ring (bicyclic) bond motifs is 1. The molecule has 1 fully saturated rings. The summed E-state index contributed by atoms with van der Waals surface area (Å²) in [6.45, 7) is -0.325. The maximum atomic E-state index is 12.5. The minimum atomic E-state index is -0.480. The first kappa shape index (κ1) is 17.4. The number of allylic oxidation sites excluding steroid dienone is 2. The molecular formula is C18H16ClN5O3. The van der Waals surface area contributed by atoms with Crippen LogP contribution in [0.15, 0.2) is 43.0 Å². The molecule has 1 aliphatic heterocycles. The molecule has 2 atom stereocenters. The third-order valence-corrected chi connectivity index (χ3v) is 5.03. The number of carbonyl (C=O) groups excluding carboxylic acids is 3. The lowest BCUT2D eigenvalue weighted by atomic mass is 9.85. The number of aromatic nitrogens is 3. The van der Waals surface area contributed by atoms with E-state index in [1.807, 2.05) is 12.2 Å². The molecule has 2 unspecified atom stereocenters. The molecule has 1 aromatic carbocycles. The molecule has 8 nitrogen and oxygen atoms in total. The van der Waals surface area contributed by atoms with Crippen LogP contribution in [0.3, 0.4) is 0 Å². The molecule has 1 aromatic heterocycles. The van der Waals surface area contributed by atoms with Crippen LogP contribution in [-0.4, -0.2) is 43.9 Å². The Morgan fingerprint density at radius 1 is 1.19 bits per heavy atom. The summed E-state index contributed by atoms with van der Waals surface area (Å²) < 4.78 is 1.48. The van der Waals surface area contributed by atoms with Crippen molar-refractivity contribution >= 4 is 35.0 Å². The number of benzene rings is 1.